The van der Waals surface area contributed by atoms with E-state index in [1.54, 1.807) is 41.4 Å². The van der Waals surface area contributed by atoms with Crippen molar-refractivity contribution >= 4 is 35.0 Å². The number of thiophene rings is 1. The first kappa shape index (κ1) is 14.6. The monoisotopic (exact) mass is 307 g/mol. The van der Waals surface area contributed by atoms with Crippen LogP contribution in [0.3, 0.4) is 0 Å². The normalized spacial score (nSPS) is 11.8. The van der Waals surface area contributed by atoms with E-state index in [-0.39, 0.29) is 0 Å². The Morgan fingerprint density at radius 3 is 2.45 bits per heavy atom. The predicted octanol–water partition coefficient (Wildman–Crippen LogP) is 3.03. The van der Waals surface area contributed by atoms with Crippen LogP contribution in [0, 0.1) is 0 Å². The van der Waals surface area contributed by atoms with E-state index in [9.17, 15) is 14.7 Å². The van der Waals surface area contributed by atoms with Crippen LogP contribution in [0.1, 0.15) is 21.3 Å². The lowest BCUT2D eigenvalue weighted by Gasteiger charge is -2.13. The Morgan fingerprint density at radius 1 is 1.25 bits per heavy atom. The fraction of sp³-hybridized carbons (Fsp3) is 0.143. The number of carboxylic acids is 1. The van der Waals surface area contributed by atoms with Gasteiger partial charge in [-0.2, -0.15) is 0 Å². The second-order valence-electron chi connectivity index (χ2n) is 3.99. The van der Waals surface area contributed by atoms with E-state index >= 15 is 0 Å². The molecule has 1 aromatic heterocycles. The molecule has 1 heterocycles. The Balaban J connectivity index is 2.14. The summed E-state index contributed by atoms with van der Waals surface area (Å²) in [6, 6.07) is 9.49. The number of carboxylic acid groups (broad SMARTS) is 1. The number of thioether (sulfide) groups is 1. The Morgan fingerprint density at radius 2 is 1.95 bits per heavy atom. The predicted molar refractivity (Wildman–Crippen MR) is 80.4 cm³/mol. The molecule has 0 aliphatic heterocycles. The molecule has 1 aromatic carbocycles. The number of carbonyl (C=O) groups is 2. The summed E-state index contributed by atoms with van der Waals surface area (Å²) in [5.74, 6) is -1.46. The van der Waals surface area contributed by atoms with E-state index in [1.807, 2.05) is 18.4 Å². The molecule has 0 bridgehead atoms. The summed E-state index contributed by atoms with van der Waals surface area (Å²) in [7, 11) is 0. The highest BCUT2D eigenvalue weighted by molar-refractivity contribution is 7.98. The molecule has 6 heteroatoms. The molecule has 1 unspecified atom stereocenters. The summed E-state index contributed by atoms with van der Waals surface area (Å²) in [5, 5.41) is 13.5. The van der Waals surface area contributed by atoms with E-state index in [1.165, 1.54) is 11.3 Å². The van der Waals surface area contributed by atoms with Gasteiger partial charge >= 0.3 is 5.97 Å². The summed E-state index contributed by atoms with van der Waals surface area (Å²) < 4.78 is 0. The third-order valence-corrected chi connectivity index (χ3v) is 4.38. The van der Waals surface area contributed by atoms with E-state index in [0.717, 1.165) is 4.90 Å². The van der Waals surface area contributed by atoms with Crippen LogP contribution in [0.4, 0.5) is 0 Å². The first-order valence-electron chi connectivity index (χ1n) is 5.83. The second-order valence-corrected chi connectivity index (χ2v) is 5.85. The number of hydrogen-bond acceptors (Lipinski definition) is 4. The van der Waals surface area contributed by atoms with Gasteiger partial charge in [-0.05, 0) is 42.0 Å². The highest BCUT2D eigenvalue weighted by atomic mass is 32.2. The maximum Gasteiger partial charge on any atom is 0.331 e. The standard InChI is InChI=1S/C14H13NO3S2/c1-19-10-6-4-9(5-7-10)13(16)15-12(14(17)18)11-3-2-8-20-11/h2-8,12H,1H3,(H,15,16)(H,17,18). The van der Waals surface area contributed by atoms with Crippen LogP contribution in [0.5, 0.6) is 0 Å². The van der Waals surface area contributed by atoms with E-state index in [4.69, 9.17) is 0 Å². The number of amides is 1. The van der Waals surface area contributed by atoms with Crippen molar-refractivity contribution in [1.82, 2.24) is 5.32 Å². The minimum absolute atomic E-state index is 0.390. The number of hydrogen-bond donors (Lipinski definition) is 2. The Kier molecular flexibility index (Phi) is 4.81. The molecule has 0 aliphatic carbocycles. The SMILES string of the molecule is CSc1ccc(C(=O)NC(C(=O)O)c2cccs2)cc1. The molecule has 0 saturated carbocycles. The average molecular weight is 307 g/mol. The number of rotatable bonds is 5. The van der Waals surface area contributed by atoms with Crippen LogP contribution in [-0.2, 0) is 4.79 Å². The molecule has 0 spiro atoms. The zero-order valence-electron chi connectivity index (χ0n) is 10.7. The molecule has 0 fully saturated rings. The number of aliphatic carboxylic acids is 1. The molecule has 0 saturated heterocycles. The maximum atomic E-state index is 12.1. The number of carbonyl (C=O) groups excluding carboxylic acids is 1. The zero-order valence-corrected chi connectivity index (χ0v) is 12.3. The lowest BCUT2D eigenvalue weighted by atomic mass is 10.2. The van der Waals surface area contributed by atoms with Crippen LogP contribution in [0.15, 0.2) is 46.7 Å². The van der Waals surface area contributed by atoms with Crippen LogP contribution >= 0.6 is 23.1 Å². The average Bonchev–Trinajstić information content (AvgIpc) is 2.98. The lowest BCUT2D eigenvalue weighted by Crippen LogP contribution is -2.33. The van der Waals surface area contributed by atoms with E-state index in [2.05, 4.69) is 5.32 Å². The number of benzene rings is 1. The van der Waals surface area contributed by atoms with Gasteiger partial charge in [-0.1, -0.05) is 6.07 Å². The van der Waals surface area contributed by atoms with Gasteiger partial charge in [0, 0.05) is 15.3 Å². The van der Waals surface area contributed by atoms with Gasteiger partial charge in [0.1, 0.15) is 0 Å². The first-order valence-corrected chi connectivity index (χ1v) is 7.93. The molecule has 1 atom stereocenters. The van der Waals surface area contributed by atoms with Crippen molar-refractivity contribution in [3.8, 4) is 0 Å². The lowest BCUT2D eigenvalue weighted by molar-refractivity contribution is -0.139. The van der Waals surface area contributed by atoms with E-state index < -0.39 is 17.9 Å². The van der Waals surface area contributed by atoms with Gasteiger partial charge in [-0.3, -0.25) is 4.79 Å². The van der Waals surface area contributed by atoms with Crippen molar-refractivity contribution < 1.29 is 14.7 Å². The van der Waals surface area contributed by atoms with Crippen molar-refractivity contribution in [2.24, 2.45) is 0 Å². The molecule has 4 nitrogen and oxygen atoms in total. The highest BCUT2D eigenvalue weighted by Gasteiger charge is 2.23. The van der Waals surface area contributed by atoms with Crippen molar-refractivity contribution in [1.29, 1.82) is 0 Å². The van der Waals surface area contributed by atoms with Gasteiger partial charge in [0.2, 0.25) is 0 Å². The Labute approximate surface area is 124 Å². The molecule has 0 radical (unpaired) electrons. The van der Waals surface area contributed by atoms with Crippen LogP contribution in [0.25, 0.3) is 0 Å². The fourth-order valence-electron chi connectivity index (χ4n) is 1.67. The molecular weight excluding hydrogens is 294 g/mol. The quantitative estimate of drug-likeness (QED) is 0.833. The Hall–Kier alpha value is -1.79. The molecule has 2 aromatic rings. The van der Waals surface area contributed by atoms with Crippen LogP contribution in [0.2, 0.25) is 0 Å². The van der Waals surface area contributed by atoms with Crippen molar-refractivity contribution in [3.63, 3.8) is 0 Å². The van der Waals surface area contributed by atoms with Crippen molar-refractivity contribution in [2.75, 3.05) is 6.26 Å². The third-order valence-electron chi connectivity index (χ3n) is 2.70. The molecule has 2 N–H and O–H groups in total. The largest absolute Gasteiger partial charge is 0.479 e. The maximum absolute atomic E-state index is 12.1. The summed E-state index contributed by atoms with van der Waals surface area (Å²) >= 11 is 2.89. The molecule has 2 rings (SSSR count). The topological polar surface area (TPSA) is 66.4 Å². The van der Waals surface area contributed by atoms with Gasteiger partial charge in [-0.25, -0.2) is 4.79 Å². The van der Waals surface area contributed by atoms with Crippen molar-refractivity contribution in [3.05, 3.63) is 52.2 Å². The Bertz CT molecular complexity index is 593. The van der Waals surface area contributed by atoms with Gasteiger partial charge in [0.05, 0.1) is 0 Å². The van der Waals surface area contributed by atoms with Gasteiger partial charge < -0.3 is 10.4 Å². The van der Waals surface area contributed by atoms with Gasteiger partial charge in [0.15, 0.2) is 6.04 Å². The molecule has 104 valence electrons. The minimum Gasteiger partial charge on any atom is -0.479 e. The van der Waals surface area contributed by atoms with Gasteiger partial charge in [0.25, 0.3) is 5.91 Å². The molecular formula is C14H13NO3S2. The summed E-state index contributed by atoms with van der Waals surface area (Å²) in [5.41, 5.74) is 0.450. The summed E-state index contributed by atoms with van der Waals surface area (Å²) in [6.07, 6.45) is 1.95. The summed E-state index contributed by atoms with van der Waals surface area (Å²) in [6.45, 7) is 0. The molecule has 1 amide bonds. The first-order chi connectivity index (χ1) is 9.61. The van der Waals surface area contributed by atoms with Crippen LogP contribution in [-0.4, -0.2) is 23.2 Å². The third kappa shape index (κ3) is 3.40. The highest BCUT2D eigenvalue weighted by Crippen LogP contribution is 2.20. The van der Waals surface area contributed by atoms with Crippen LogP contribution < -0.4 is 5.32 Å². The summed E-state index contributed by atoms with van der Waals surface area (Å²) in [4.78, 5) is 25.0. The van der Waals surface area contributed by atoms with E-state index in [0.29, 0.717) is 10.4 Å². The molecule has 20 heavy (non-hydrogen) atoms. The smallest absolute Gasteiger partial charge is 0.331 e. The minimum atomic E-state index is -1.07. The molecule has 0 aliphatic rings. The fourth-order valence-corrected chi connectivity index (χ4v) is 2.84. The number of nitrogens with one attached hydrogen (secondary N) is 1. The second kappa shape index (κ2) is 6.58. The zero-order chi connectivity index (χ0) is 14.5. The van der Waals surface area contributed by atoms with Gasteiger partial charge in [-0.15, -0.1) is 23.1 Å². The van der Waals surface area contributed by atoms with Crippen molar-refractivity contribution in [2.45, 2.75) is 10.9 Å².